The second-order valence-corrected chi connectivity index (χ2v) is 12.8. The number of hydrogen-bond donors (Lipinski definition) is 2. The Balaban J connectivity index is 1.73. The fourth-order valence-electron chi connectivity index (χ4n) is 3.97. The highest BCUT2D eigenvalue weighted by Gasteiger charge is 2.25. The minimum absolute atomic E-state index is 0.0140. The summed E-state index contributed by atoms with van der Waals surface area (Å²) in [5.41, 5.74) is 1.27. The van der Waals surface area contributed by atoms with Crippen LogP contribution in [0.5, 0.6) is 0 Å². The lowest BCUT2D eigenvalue weighted by Gasteiger charge is -2.29. The van der Waals surface area contributed by atoms with Gasteiger partial charge >= 0.3 is 12.1 Å². The summed E-state index contributed by atoms with van der Waals surface area (Å²) in [7, 11) is -3.81. The summed E-state index contributed by atoms with van der Waals surface area (Å²) < 4.78 is 31.9. The lowest BCUT2D eigenvalue weighted by molar-refractivity contribution is -0.136. The summed E-state index contributed by atoms with van der Waals surface area (Å²) >= 11 is 6.05. The fourth-order valence-corrected chi connectivity index (χ4v) is 5.50. The SMILES string of the molecule is CC(C)(C)OC(=O)N(CCc1ccc(S(=O)(=O)c2cccc(CCC(=O)O)c2)cc1)C[C@@H](O)c1cccc(Cl)c1. The van der Waals surface area contributed by atoms with E-state index in [9.17, 15) is 23.1 Å². The van der Waals surface area contributed by atoms with Gasteiger partial charge in [-0.2, -0.15) is 0 Å². The normalized spacial score (nSPS) is 12.5. The molecule has 0 saturated heterocycles. The van der Waals surface area contributed by atoms with Gasteiger partial charge in [-0.1, -0.05) is 48.0 Å². The van der Waals surface area contributed by atoms with Crippen LogP contribution in [0.2, 0.25) is 5.02 Å². The minimum Gasteiger partial charge on any atom is -0.481 e. The molecule has 8 nitrogen and oxygen atoms in total. The monoisotopic (exact) mass is 587 g/mol. The van der Waals surface area contributed by atoms with Gasteiger partial charge in [-0.05, 0) is 86.7 Å². The van der Waals surface area contributed by atoms with E-state index in [0.717, 1.165) is 5.56 Å². The molecular weight excluding hydrogens is 554 g/mol. The minimum atomic E-state index is -3.81. The Bertz CT molecular complexity index is 1430. The van der Waals surface area contributed by atoms with Crippen molar-refractivity contribution in [2.45, 2.75) is 61.5 Å². The van der Waals surface area contributed by atoms with E-state index in [1.165, 1.54) is 29.2 Å². The Kier molecular flexibility index (Phi) is 10.4. The van der Waals surface area contributed by atoms with Gasteiger partial charge in [0.25, 0.3) is 0 Å². The number of carbonyl (C=O) groups is 2. The zero-order valence-corrected chi connectivity index (χ0v) is 24.3. The maximum Gasteiger partial charge on any atom is 0.410 e. The quantitative estimate of drug-likeness (QED) is 0.295. The second kappa shape index (κ2) is 13.3. The highest BCUT2D eigenvalue weighted by atomic mass is 35.5. The van der Waals surface area contributed by atoms with Crippen LogP contribution in [0.1, 0.15) is 50.0 Å². The number of aliphatic carboxylic acids is 1. The predicted molar refractivity (Wildman–Crippen MR) is 152 cm³/mol. The number of nitrogens with zero attached hydrogens (tertiary/aromatic N) is 1. The number of aryl methyl sites for hydroxylation is 1. The first-order chi connectivity index (χ1) is 18.7. The molecule has 3 aromatic carbocycles. The zero-order valence-electron chi connectivity index (χ0n) is 22.7. The molecule has 1 atom stereocenters. The Labute approximate surface area is 240 Å². The maximum atomic E-state index is 13.2. The first-order valence-electron chi connectivity index (χ1n) is 12.8. The molecule has 10 heteroatoms. The van der Waals surface area contributed by atoms with E-state index >= 15 is 0 Å². The number of sulfone groups is 1. The molecule has 1 amide bonds. The zero-order chi connectivity index (χ0) is 29.5. The van der Waals surface area contributed by atoms with Crippen molar-refractivity contribution in [3.63, 3.8) is 0 Å². The molecule has 0 aliphatic rings. The Morgan fingerprint density at radius 3 is 2.23 bits per heavy atom. The maximum absolute atomic E-state index is 13.2. The third kappa shape index (κ3) is 9.08. The van der Waals surface area contributed by atoms with E-state index in [1.54, 1.807) is 69.3 Å². The molecule has 0 spiro atoms. The van der Waals surface area contributed by atoms with E-state index < -0.39 is 33.6 Å². The van der Waals surface area contributed by atoms with Gasteiger partial charge in [-0.15, -0.1) is 0 Å². The molecule has 3 aromatic rings. The average molecular weight is 588 g/mol. The van der Waals surface area contributed by atoms with Crippen LogP contribution in [-0.2, 0) is 32.2 Å². The van der Waals surface area contributed by atoms with E-state index in [4.69, 9.17) is 21.4 Å². The molecule has 40 heavy (non-hydrogen) atoms. The number of aliphatic hydroxyl groups excluding tert-OH is 1. The Hall–Kier alpha value is -3.40. The molecule has 2 N–H and O–H groups in total. The van der Waals surface area contributed by atoms with Gasteiger partial charge < -0.3 is 19.8 Å². The Morgan fingerprint density at radius 1 is 0.925 bits per heavy atom. The lowest BCUT2D eigenvalue weighted by atomic mass is 10.1. The van der Waals surface area contributed by atoms with Crippen LogP contribution < -0.4 is 0 Å². The van der Waals surface area contributed by atoms with Gasteiger partial charge in [0.2, 0.25) is 9.84 Å². The topological polar surface area (TPSA) is 121 Å². The molecule has 0 unspecified atom stereocenters. The van der Waals surface area contributed by atoms with Gasteiger partial charge in [-0.25, -0.2) is 13.2 Å². The van der Waals surface area contributed by atoms with Gasteiger partial charge in [0, 0.05) is 18.0 Å². The average Bonchev–Trinajstić information content (AvgIpc) is 2.89. The molecule has 0 aliphatic carbocycles. The van der Waals surface area contributed by atoms with Gasteiger partial charge in [0.1, 0.15) is 5.60 Å². The molecular formula is C30H34ClNO7S. The number of carboxylic acids is 1. The molecule has 214 valence electrons. The second-order valence-electron chi connectivity index (χ2n) is 10.4. The van der Waals surface area contributed by atoms with E-state index in [2.05, 4.69) is 0 Å². The van der Waals surface area contributed by atoms with Gasteiger partial charge in [0.15, 0.2) is 0 Å². The van der Waals surface area contributed by atoms with Crippen molar-refractivity contribution >= 4 is 33.5 Å². The number of halogens is 1. The number of hydrogen-bond acceptors (Lipinski definition) is 6. The standard InChI is InChI=1S/C30H34ClNO7S/c1-30(2,3)39-29(36)32(20-27(33)23-7-5-8-24(31)19-23)17-16-21-10-13-25(14-11-21)40(37,38)26-9-4-6-22(18-26)12-15-28(34)35/h4-11,13-14,18-19,27,33H,12,15-17,20H2,1-3H3,(H,34,35)/t27-/m1/s1. The third-order valence-corrected chi connectivity index (χ3v) is 8.02. The van der Waals surface area contributed by atoms with Crippen LogP contribution in [0, 0.1) is 0 Å². The number of rotatable bonds is 11. The number of ether oxygens (including phenoxy) is 1. The first-order valence-corrected chi connectivity index (χ1v) is 14.7. The molecule has 0 fully saturated rings. The molecule has 0 bridgehead atoms. The first kappa shape index (κ1) is 31.1. The van der Waals surface area contributed by atoms with Crippen molar-refractivity contribution in [3.05, 3.63) is 94.5 Å². The van der Waals surface area contributed by atoms with Crippen LogP contribution in [0.15, 0.2) is 82.6 Å². The molecule has 0 aliphatic heterocycles. The van der Waals surface area contributed by atoms with Crippen LogP contribution in [0.4, 0.5) is 4.79 Å². The highest BCUT2D eigenvalue weighted by molar-refractivity contribution is 7.91. The number of amides is 1. The van der Waals surface area contributed by atoms with Crippen LogP contribution >= 0.6 is 11.6 Å². The number of benzene rings is 3. The summed E-state index contributed by atoms with van der Waals surface area (Å²) in [6, 6.07) is 19.4. The van der Waals surface area contributed by atoms with Crippen molar-refractivity contribution in [1.82, 2.24) is 4.90 Å². The van der Waals surface area contributed by atoms with Crippen LogP contribution in [-0.4, -0.2) is 54.3 Å². The van der Waals surface area contributed by atoms with Crippen LogP contribution in [0.25, 0.3) is 0 Å². The van der Waals surface area contributed by atoms with E-state index in [0.29, 0.717) is 22.6 Å². The summed E-state index contributed by atoms with van der Waals surface area (Å²) in [4.78, 5) is 25.4. The van der Waals surface area contributed by atoms with Crippen molar-refractivity contribution in [1.29, 1.82) is 0 Å². The molecule has 0 saturated carbocycles. The highest BCUT2D eigenvalue weighted by Crippen LogP contribution is 2.24. The van der Waals surface area contributed by atoms with Gasteiger partial charge in [-0.3, -0.25) is 4.79 Å². The lowest BCUT2D eigenvalue weighted by Crippen LogP contribution is -2.40. The van der Waals surface area contributed by atoms with Crippen molar-refractivity contribution in [3.8, 4) is 0 Å². The smallest absolute Gasteiger partial charge is 0.410 e. The largest absolute Gasteiger partial charge is 0.481 e. The van der Waals surface area contributed by atoms with Gasteiger partial charge in [0.05, 0.1) is 22.4 Å². The van der Waals surface area contributed by atoms with Crippen molar-refractivity contribution in [2.24, 2.45) is 0 Å². The van der Waals surface area contributed by atoms with Crippen LogP contribution in [0.3, 0.4) is 0 Å². The van der Waals surface area contributed by atoms with Crippen molar-refractivity contribution in [2.75, 3.05) is 13.1 Å². The third-order valence-electron chi connectivity index (χ3n) is 6.02. The summed E-state index contributed by atoms with van der Waals surface area (Å²) in [6.07, 6.45) is -1.01. The molecule has 0 aromatic heterocycles. The van der Waals surface area contributed by atoms with Crippen molar-refractivity contribution < 1.29 is 33.0 Å². The number of aliphatic hydroxyl groups is 1. The predicted octanol–water partition coefficient (Wildman–Crippen LogP) is 5.70. The number of carbonyl (C=O) groups excluding carboxylic acids is 1. The molecule has 0 heterocycles. The molecule has 0 radical (unpaired) electrons. The summed E-state index contributed by atoms with van der Waals surface area (Å²) in [5.74, 6) is -0.951. The van der Waals surface area contributed by atoms with E-state index in [1.807, 2.05) is 0 Å². The molecule has 3 rings (SSSR count). The summed E-state index contributed by atoms with van der Waals surface area (Å²) in [6.45, 7) is 5.50. The number of carboxylic acid groups (broad SMARTS) is 1. The fraction of sp³-hybridized carbons (Fsp3) is 0.333. The van der Waals surface area contributed by atoms with E-state index in [-0.39, 0.29) is 35.7 Å². The summed E-state index contributed by atoms with van der Waals surface area (Å²) in [5, 5.41) is 20.2. The Morgan fingerprint density at radius 2 is 1.60 bits per heavy atom.